The molecule has 0 unspecified atom stereocenters. The van der Waals surface area contributed by atoms with Crippen LogP contribution in [0.15, 0.2) is 28.7 Å². The molecule has 0 spiro atoms. The van der Waals surface area contributed by atoms with E-state index < -0.39 is 5.97 Å². The topological polar surface area (TPSA) is 68.9 Å². The van der Waals surface area contributed by atoms with Crippen LogP contribution in [0.1, 0.15) is 16.1 Å². The van der Waals surface area contributed by atoms with E-state index in [1.54, 1.807) is 18.2 Å². The average molecular weight is 248 g/mol. The molecule has 18 heavy (non-hydrogen) atoms. The lowest BCUT2D eigenvalue weighted by Gasteiger charge is -2.25. The highest BCUT2D eigenvalue weighted by Crippen LogP contribution is 2.27. The van der Waals surface area contributed by atoms with Crippen LogP contribution < -0.4 is 0 Å². The smallest absolute Gasteiger partial charge is 0.340 e. The lowest BCUT2D eigenvalue weighted by molar-refractivity contribution is -0.137. The summed E-state index contributed by atoms with van der Waals surface area (Å²) in [5.74, 6) is -0.640. The molecule has 1 aromatic carbocycles. The molecular weight excluding hydrogens is 236 g/mol. The minimum atomic E-state index is -0.997. The summed E-state index contributed by atoms with van der Waals surface area (Å²) in [6, 6.07) is 7.08. The summed E-state index contributed by atoms with van der Waals surface area (Å²) in [5.41, 5.74) is 0.754. The van der Waals surface area contributed by atoms with Crippen LogP contribution in [0.4, 0.5) is 0 Å². The third-order valence-electron chi connectivity index (χ3n) is 2.94. The van der Waals surface area contributed by atoms with Crippen LogP contribution in [0.25, 0.3) is 11.0 Å². The van der Waals surface area contributed by atoms with Crippen molar-refractivity contribution in [3.63, 3.8) is 0 Å². The maximum Gasteiger partial charge on any atom is 0.340 e. The molecule has 3 rings (SSSR count). The highest BCUT2D eigenvalue weighted by molar-refractivity contribution is 6.03. The number of furan rings is 1. The van der Waals surface area contributed by atoms with Crippen molar-refractivity contribution in [2.24, 2.45) is 0 Å². The first-order valence-electron chi connectivity index (χ1n) is 5.69. The molecule has 2 aromatic rings. The molecule has 0 amide bonds. The molecule has 1 aliphatic rings. The molecule has 0 radical (unpaired) electrons. The molecule has 0 aliphatic carbocycles. The SMILES string of the molecule is O=C(O)c1c(COC2COC2)oc2ccccc12. The first-order chi connectivity index (χ1) is 8.75. The zero-order valence-corrected chi connectivity index (χ0v) is 9.59. The number of ether oxygens (including phenoxy) is 2. The monoisotopic (exact) mass is 248 g/mol. The molecule has 0 atom stereocenters. The van der Waals surface area contributed by atoms with Crippen LogP contribution in [-0.4, -0.2) is 30.4 Å². The average Bonchev–Trinajstić information content (AvgIpc) is 2.65. The molecule has 5 nitrogen and oxygen atoms in total. The fourth-order valence-electron chi connectivity index (χ4n) is 1.94. The van der Waals surface area contributed by atoms with E-state index in [-0.39, 0.29) is 18.3 Å². The lowest BCUT2D eigenvalue weighted by Crippen LogP contribution is -2.35. The van der Waals surface area contributed by atoms with Crippen LogP contribution in [0, 0.1) is 0 Å². The zero-order valence-electron chi connectivity index (χ0n) is 9.59. The fourth-order valence-corrected chi connectivity index (χ4v) is 1.94. The largest absolute Gasteiger partial charge is 0.478 e. The molecule has 1 saturated heterocycles. The number of hydrogen-bond acceptors (Lipinski definition) is 4. The third kappa shape index (κ3) is 1.87. The van der Waals surface area contributed by atoms with Crippen molar-refractivity contribution in [2.75, 3.05) is 13.2 Å². The van der Waals surface area contributed by atoms with E-state index in [0.29, 0.717) is 29.9 Å². The molecule has 0 bridgehead atoms. The quantitative estimate of drug-likeness (QED) is 0.896. The predicted molar refractivity (Wildman–Crippen MR) is 62.6 cm³/mol. The first kappa shape index (κ1) is 11.3. The Labute approximate surface area is 103 Å². The van der Waals surface area contributed by atoms with Crippen LogP contribution >= 0.6 is 0 Å². The second kappa shape index (κ2) is 4.44. The predicted octanol–water partition coefficient (Wildman–Crippen LogP) is 2.05. The minimum Gasteiger partial charge on any atom is -0.478 e. The second-order valence-corrected chi connectivity index (χ2v) is 4.17. The number of benzene rings is 1. The molecule has 0 saturated carbocycles. The van der Waals surface area contributed by atoms with Crippen molar-refractivity contribution in [1.29, 1.82) is 0 Å². The number of rotatable bonds is 4. The van der Waals surface area contributed by atoms with Gasteiger partial charge in [0, 0.05) is 5.39 Å². The van der Waals surface area contributed by atoms with E-state index in [4.69, 9.17) is 13.9 Å². The maximum absolute atomic E-state index is 11.3. The molecule has 1 aliphatic heterocycles. The fraction of sp³-hybridized carbons (Fsp3) is 0.308. The standard InChI is InChI=1S/C13H12O5/c14-13(15)12-9-3-1-2-4-10(9)18-11(12)7-17-8-5-16-6-8/h1-4,8H,5-7H2,(H,14,15). The molecule has 1 N–H and O–H groups in total. The summed E-state index contributed by atoms with van der Waals surface area (Å²) in [5, 5.41) is 9.85. The summed E-state index contributed by atoms with van der Waals surface area (Å²) in [7, 11) is 0. The number of carboxylic acids is 1. The van der Waals surface area contributed by atoms with Gasteiger partial charge >= 0.3 is 5.97 Å². The van der Waals surface area contributed by atoms with Crippen molar-refractivity contribution in [3.8, 4) is 0 Å². The third-order valence-corrected chi connectivity index (χ3v) is 2.94. The van der Waals surface area contributed by atoms with Crippen molar-refractivity contribution in [3.05, 3.63) is 35.6 Å². The van der Waals surface area contributed by atoms with Gasteiger partial charge < -0.3 is 19.0 Å². The minimum absolute atomic E-state index is 0.0415. The summed E-state index contributed by atoms with van der Waals surface area (Å²) >= 11 is 0. The summed E-state index contributed by atoms with van der Waals surface area (Å²) in [6.45, 7) is 1.27. The maximum atomic E-state index is 11.3. The van der Waals surface area contributed by atoms with E-state index in [1.807, 2.05) is 6.07 Å². The molecule has 2 heterocycles. The van der Waals surface area contributed by atoms with Gasteiger partial charge in [0.2, 0.25) is 0 Å². The second-order valence-electron chi connectivity index (χ2n) is 4.17. The Bertz CT molecular complexity index is 582. The summed E-state index contributed by atoms with van der Waals surface area (Å²) in [6.07, 6.45) is 0.0415. The molecule has 1 aromatic heterocycles. The van der Waals surface area contributed by atoms with Gasteiger partial charge in [0.25, 0.3) is 0 Å². The number of carboxylic acid groups (broad SMARTS) is 1. The molecule has 94 valence electrons. The number of aromatic carboxylic acids is 1. The first-order valence-corrected chi connectivity index (χ1v) is 5.69. The molecular formula is C13H12O5. The van der Waals surface area contributed by atoms with Gasteiger partial charge in [-0.3, -0.25) is 0 Å². The van der Waals surface area contributed by atoms with Crippen LogP contribution in [0.2, 0.25) is 0 Å². The highest BCUT2D eigenvalue weighted by Gasteiger charge is 2.23. The zero-order chi connectivity index (χ0) is 12.5. The van der Waals surface area contributed by atoms with Crippen molar-refractivity contribution in [2.45, 2.75) is 12.7 Å². The summed E-state index contributed by atoms with van der Waals surface area (Å²) < 4.78 is 16.0. The van der Waals surface area contributed by atoms with Crippen LogP contribution in [0.5, 0.6) is 0 Å². The van der Waals surface area contributed by atoms with Crippen molar-refractivity contribution < 1.29 is 23.8 Å². The number of para-hydroxylation sites is 1. The number of carbonyl (C=O) groups is 1. The number of fused-ring (bicyclic) bond motifs is 1. The van der Waals surface area contributed by atoms with Gasteiger partial charge in [0.15, 0.2) is 0 Å². The summed E-state index contributed by atoms with van der Waals surface area (Å²) in [4.78, 5) is 11.3. The van der Waals surface area contributed by atoms with E-state index in [2.05, 4.69) is 0 Å². The van der Waals surface area contributed by atoms with E-state index in [9.17, 15) is 9.90 Å². The lowest BCUT2D eigenvalue weighted by atomic mass is 10.1. The van der Waals surface area contributed by atoms with Crippen LogP contribution in [-0.2, 0) is 16.1 Å². The molecule has 5 heteroatoms. The Hall–Kier alpha value is -1.85. The normalized spacial score (nSPS) is 15.8. The Morgan fingerprint density at radius 2 is 2.17 bits per heavy atom. The van der Waals surface area contributed by atoms with Gasteiger partial charge in [-0.1, -0.05) is 18.2 Å². The van der Waals surface area contributed by atoms with Crippen molar-refractivity contribution >= 4 is 16.9 Å². The van der Waals surface area contributed by atoms with Gasteiger partial charge in [0.1, 0.15) is 29.6 Å². The Kier molecular flexibility index (Phi) is 2.77. The van der Waals surface area contributed by atoms with Gasteiger partial charge in [-0.15, -0.1) is 0 Å². The Balaban J connectivity index is 1.93. The van der Waals surface area contributed by atoms with Gasteiger partial charge in [0.05, 0.1) is 13.2 Å². The van der Waals surface area contributed by atoms with Crippen LogP contribution in [0.3, 0.4) is 0 Å². The Morgan fingerprint density at radius 3 is 2.83 bits per heavy atom. The van der Waals surface area contributed by atoms with E-state index in [1.165, 1.54) is 0 Å². The molecule has 1 fully saturated rings. The Morgan fingerprint density at radius 1 is 1.39 bits per heavy atom. The van der Waals surface area contributed by atoms with Gasteiger partial charge in [-0.25, -0.2) is 4.79 Å². The van der Waals surface area contributed by atoms with E-state index in [0.717, 1.165) is 0 Å². The van der Waals surface area contributed by atoms with Crippen molar-refractivity contribution in [1.82, 2.24) is 0 Å². The number of hydrogen-bond donors (Lipinski definition) is 1. The van der Waals surface area contributed by atoms with Gasteiger partial charge in [-0.05, 0) is 6.07 Å². The van der Waals surface area contributed by atoms with Gasteiger partial charge in [-0.2, -0.15) is 0 Å². The highest BCUT2D eigenvalue weighted by atomic mass is 16.6. The van der Waals surface area contributed by atoms with E-state index >= 15 is 0 Å².